The first-order valence-electron chi connectivity index (χ1n) is 7.43. The molecule has 1 heterocycles. The van der Waals surface area contributed by atoms with E-state index in [-0.39, 0.29) is 17.4 Å². The third-order valence-electron chi connectivity index (χ3n) is 3.41. The van der Waals surface area contributed by atoms with Gasteiger partial charge in [-0.25, -0.2) is 0 Å². The van der Waals surface area contributed by atoms with E-state index in [2.05, 4.69) is 32.2 Å². The molecule has 0 spiro atoms. The van der Waals surface area contributed by atoms with Crippen LogP contribution in [0.15, 0.2) is 47.8 Å². The lowest BCUT2D eigenvalue weighted by Crippen LogP contribution is -2.42. The molecule has 0 bridgehead atoms. The maximum absolute atomic E-state index is 12.5. The summed E-state index contributed by atoms with van der Waals surface area (Å²) in [5.41, 5.74) is -0.0625. The van der Waals surface area contributed by atoms with Crippen molar-refractivity contribution in [3.05, 3.63) is 52.7 Å². The van der Waals surface area contributed by atoms with Crippen molar-refractivity contribution >= 4 is 17.2 Å². The molecule has 0 saturated carbocycles. The van der Waals surface area contributed by atoms with Crippen molar-refractivity contribution in [3.8, 4) is 5.75 Å². The van der Waals surface area contributed by atoms with Crippen molar-refractivity contribution in [3.63, 3.8) is 0 Å². The van der Waals surface area contributed by atoms with Gasteiger partial charge in [0.2, 0.25) is 0 Å². The number of amides is 1. The second kappa shape index (κ2) is 6.97. The van der Waals surface area contributed by atoms with Gasteiger partial charge in [0.15, 0.2) is 6.10 Å². The first kappa shape index (κ1) is 16.6. The Labute approximate surface area is 136 Å². The Morgan fingerprint density at radius 3 is 2.36 bits per heavy atom. The van der Waals surface area contributed by atoms with E-state index in [0.29, 0.717) is 5.75 Å². The highest BCUT2D eigenvalue weighted by atomic mass is 32.1. The summed E-state index contributed by atoms with van der Waals surface area (Å²) in [4.78, 5) is 13.6. The number of benzene rings is 1. The molecule has 0 aliphatic heterocycles. The van der Waals surface area contributed by atoms with Gasteiger partial charge in [-0.1, -0.05) is 45.0 Å². The number of hydrogen-bond donors (Lipinski definition) is 1. The Balaban J connectivity index is 2.05. The zero-order valence-electron chi connectivity index (χ0n) is 13.5. The van der Waals surface area contributed by atoms with Crippen molar-refractivity contribution in [1.82, 2.24) is 5.32 Å². The van der Waals surface area contributed by atoms with Gasteiger partial charge < -0.3 is 10.1 Å². The fraction of sp³-hybridized carbons (Fsp3) is 0.389. The molecule has 2 rings (SSSR count). The first-order valence-corrected chi connectivity index (χ1v) is 8.31. The summed E-state index contributed by atoms with van der Waals surface area (Å²) in [5, 5.41) is 5.16. The predicted octanol–water partition coefficient (Wildman–Crippen LogP) is 4.42. The van der Waals surface area contributed by atoms with Gasteiger partial charge in [-0.2, -0.15) is 0 Å². The van der Waals surface area contributed by atoms with Crippen molar-refractivity contribution in [2.75, 3.05) is 0 Å². The third kappa shape index (κ3) is 4.34. The summed E-state index contributed by atoms with van der Waals surface area (Å²) in [6, 6.07) is 13.5. The molecule has 1 N–H and O–H groups in total. The first-order chi connectivity index (χ1) is 10.4. The van der Waals surface area contributed by atoms with E-state index >= 15 is 0 Å². The minimum Gasteiger partial charge on any atom is -0.481 e. The Morgan fingerprint density at radius 1 is 1.14 bits per heavy atom. The molecular formula is C18H23NO2S. The molecule has 0 aliphatic carbocycles. The SMILES string of the molecule is C[C@H](Oc1ccccc1)C(=O)N[C@@H](c1cccs1)C(C)(C)C. The highest BCUT2D eigenvalue weighted by Crippen LogP contribution is 2.35. The number of hydrogen-bond acceptors (Lipinski definition) is 3. The molecule has 0 saturated heterocycles. The van der Waals surface area contributed by atoms with Crippen molar-refractivity contribution in [2.45, 2.75) is 39.8 Å². The maximum Gasteiger partial charge on any atom is 0.261 e. The van der Waals surface area contributed by atoms with Crippen LogP contribution in [0.5, 0.6) is 5.75 Å². The quantitative estimate of drug-likeness (QED) is 0.886. The van der Waals surface area contributed by atoms with Crippen LogP contribution < -0.4 is 10.1 Å². The van der Waals surface area contributed by atoms with Crippen LogP contribution >= 0.6 is 11.3 Å². The molecule has 1 aromatic heterocycles. The molecule has 2 aromatic rings. The number of ether oxygens (including phenoxy) is 1. The monoisotopic (exact) mass is 317 g/mol. The summed E-state index contributed by atoms with van der Waals surface area (Å²) in [6.45, 7) is 8.15. The number of rotatable bonds is 5. The van der Waals surface area contributed by atoms with Gasteiger partial charge in [-0.15, -0.1) is 11.3 Å². The maximum atomic E-state index is 12.5. The van der Waals surface area contributed by atoms with Crippen LogP contribution in [0.3, 0.4) is 0 Å². The summed E-state index contributed by atoms with van der Waals surface area (Å²) in [7, 11) is 0. The van der Waals surface area contributed by atoms with Crippen LogP contribution in [-0.2, 0) is 4.79 Å². The molecule has 0 aliphatic rings. The molecule has 1 amide bonds. The summed E-state index contributed by atoms with van der Waals surface area (Å²) >= 11 is 1.66. The van der Waals surface area contributed by atoms with E-state index < -0.39 is 6.10 Å². The van der Waals surface area contributed by atoms with E-state index in [1.807, 2.05) is 41.8 Å². The van der Waals surface area contributed by atoms with E-state index in [1.54, 1.807) is 18.3 Å². The highest BCUT2D eigenvalue weighted by Gasteiger charge is 2.30. The van der Waals surface area contributed by atoms with Crippen LogP contribution in [0.25, 0.3) is 0 Å². The lowest BCUT2D eigenvalue weighted by atomic mass is 9.85. The van der Waals surface area contributed by atoms with Crippen LogP contribution in [0.2, 0.25) is 0 Å². The van der Waals surface area contributed by atoms with Gasteiger partial charge in [0.05, 0.1) is 6.04 Å². The smallest absolute Gasteiger partial charge is 0.261 e. The van der Waals surface area contributed by atoms with E-state index in [9.17, 15) is 4.79 Å². The van der Waals surface area contributed by atoms with E-state index in [1.165, 1.54) is 0 Å². The molecule has 22 heavy (non-hydrogen) atoms. The Hall–Kier alpha value is -1.81. The van der Waals surface area contributed by atoms with Crippen LogP contribution in [-0.4, -0.2) is 12.0 Å². The molecular weight excluding hydrogens is 294 g/mol. The molecule has 2 atom stereocenters. The predicted molar refractivity (Wildman–Crippen MR) is 91.2 cm³/mol. The minimum absolute atomic E-state index is 0.0261. The minimum atomic E-state index is -0.535. The molecule has 0 fully saturated rings. The Kier molecular flexibility index (Phi) is 5.24. The molecule has 0 unspecified atom stereocenters. The van der Waals surface area contributed by atoms with Gasteiger partial charge in [-0.3, -0.25) is 4.79 Å². The second-order valence-electron chi connectivity index (χ2n) is 6.40. The van der Waals surface area contributed by atoms with Crippen molar-refractivity contribution in [2.24, 2.45) is 5.41 Å². The van der Waals surface area contributed by atoms with Crippen LogP contribution in [0, 0.1) is 5.41 Å². The number of thiophene rings is 1. The van der Waals surface area contributed by atoms with Gasteiger partial charge in [0, 0.05) is 4.88 Å². The topological polar surface area (TPSA) is 38.3 Å². The molecule has 4 heteroatoms. The largest absolute Gasteiger partial charge is 0.481 e. The third-order valence-corrected chi connectivity index (χ3v) is 4.34. The van der Waals surface area contributed by atoms with E-state index in [0.717, 1.165) is 4.88 Å². The van der Waals surface area contributed by atoms with E-state index in [4.69, 9.17) is 4.74 Å². The lowest BCUT2D eigenvalue weighted by Gasteiger charge is -2.31. The van der Waals surface area contributed by atoms with Crippen LogP contribution in [0.1, 0.15) is 38.6 Å². The van der Waals surface area contributed by atoms with Crippen molar-refractivity contribution in [1.29, 1.82) is 0 Å². The summed E-state index contributed by atoms with van der Waals surface area (Å²) in [6.07, 6.45) is -0.535. The molecule has 118 valence electrons. The zero-order chi connectivity index (χ0) is 16.2. The number of carbonyl (C=O) groups is 1. The Bertz CT molecular complexity index is 587. The fourth-order valence-corrected chi connectivity index (χ4v) is 3.21. The Morgan fingerprint density at radius 2 is 1.82 bits per heavy atom. The summed E-state index contributed by atoms with van der Waals surface area (Å²) < 4.78 is 5.70. The van der Waals surface area contributed by atoms with Gasteiger partial charge in [-0.05, 0) is 35.9 Å². The highest BCUT2D eigenvalue weighted by molar-refractivity contribution is 7.10. The van der Waals surface area contributed by atoms with Gasteiger partial charge in [0.1, 0.15) is 5.75 Å². The van der Waals surface area contributed by atoms with Gasteiger partial charge in [0.25, 0.3) is 5.91 Å². The normalized spacial score (nSPS) is 14.2. The average molecular weight is 317 g/mol. The molecule has 0 radical (unpaired) electrons. The standard InChI is InChI=1S/C18H23NO2S/c1-13(21-14-9-6-5-7-10-14)17(20)19-16(18(2,3)4)15-11-8-12-22-15/h5-13,16H,1-4H3,(H,19,20)/t13-,16-/m0/s1. The number of nitrogens with one attached hydrogen (secondary N) is 1. The summed E-state index contributed by atoms with van der Waals surface area (Å²) in [5.74, 6) is 0.603. The number of para-hydroxylation sites is 1. The van der Waals surface area contributed by atoms with Crippen molar-refractivity contribution < 1.29 is 9.53 Å². The average Bonchev–Trinajstić information content (AvgIpc) is 2.98. The number of carbonyl (C=O) groups excluding carboxylic acids is 1. The molecule has 1 aromatic carbocycles. The van der Waals surface area contributed by atoms with Gasteiger partial charge >= 0.3 is 0 Å². The lowest BCUT2D eigenvalue weighted by molar-refractivity contribution is -0.128. The fourth-order valence-electron chi connectivity index (χ4n) is 2.19. The molecule has 3 nitrogen and oxygen atoms in total. The van der Waals surface area contributed by atoms with Crippen LogP contribution in [0.4, 0.5) is 0 Å². The second-order valence-corrected chi connectivity index (χ2v) is 7.38. The zero-order valence-corrected chi connectivity index (χ0v) is 14.3.